The fraction of sp³-hybridized carbons (Fsp3) is 0.462. The van der Waals surface area contributed by atoms with Crippen molar-refractivity contribution in [3.63, 3.8) is 0 Å². The standard InChI is InChI=1S/C13H17N3O.ClH/c1-15-8-6-12(13(15)17)16-9-7-14-10-4-2-3-5-11(10)16;/h2-5,12,14H,6-9H2,1H3;1H. The van der Waals surface area contributed by atoms with Crippen LogP contribution in [-0.2, 0) is 4.79 Å². The topological polar surface area (TPSA) is 35.6 Å². The smallest absolute Gasteiger partial charge is 0.245 e. The molecule has 1 saturated heterocycles. The number of amides is 1. The molecule has 5 heteroatoms. The Morgan fingerprint density at radius 3 is 2.78 bits per heavy atom. The van der Waals surface area contributed by atoms with E-state index in [-0.39, 0.29) is 24.4 Å². The number of halogens is 1. The molecule has 2 heterocycles. The zero-order valence-electron chi connectivity index (χ0n) is 10.4. The summed E-state index contributed by atoms with van der Waals surface area (Å²) in [5, 5.41) is 3.38. The minimum Gasteiger partial charge on any atom is -0.382 e. The molecular formula is C13H18ClN3O. The van der Waals surface area contributed by atoms with Crippen LogP contribution in [0.25, 0.3) is 0 Å². The summed E-state index contributed by atoms with van der Waals surface area (Å²) in [4.78, 5) is 16.2. The summed E-state index contributed by atoms with van der Waals surface area (Å²) in [6.07, 6.45) is 0.934. The Morgan fingerprint density at radius 1 is 1.28 bits per heavy atom. The Balaban J connectivity index is 0.00000120. The SMILES string of the molecule is CN1CCC(N2CCNc3ccccc32)C1=O.Cl. The average Bonchev–Trinajstić information content (AvgIpc) is 2.69. The van der Waals surface area contributed by atoms with Crippen LogP contribution in [0.3, 0.4) is 0 Å². The molecule has 0 aromatic heterocycles. The maximum Gasteiger partial charge on any atom is 0.245 e. The van der Waals surface area contributed by atoms with Gasteiger partial charge in [0, 0.05) is 26.7 Å². The lowest BCUT2D eigenvalue weighted by molar-refractivity contribution is -0.127. The summed E-state index contributed by atoms with van der Waals surface area (Å²) in [5.41, 5.74) is 2.30. The third kappa shape index (κ3) is 2.01. The molecule has 1 atom stereocenters. The lowest BCUT2D eigenvalue weighted by Crippen LogP contribution is -2.45. The summed E-state index contributed by atoms with van der Waals surface area (Å²) in [6, 6.07) is 8.25. The van der Waals surface area contributed by atoms with E-state index in [9.17, 15) is 4.79 Å². The Bertz CT molecular complexity index is 452. The zero-order valence-corrected chi connectivity index (χ0v) is 11.2. The van der Waals surface area contributed by atoms with Crippen molar-refractivity contribution in [1.29, 1.82) is 0 Å². The number of carbonyl (C=O) groups is 1. The van der Waals surface area contributed by atoms with Crippen LogP contribution in [0.4, 0.5) is 11.4 Å². The predicted octanol–water partition coefficient (Wildman–Crippen LogP) is 1.57. The highest BCUT2D eigenvalue weighted by atomic mass is 35.5. The van der Waals surface area contributed by atoms with Crippen LogP contribution in [0.2, 0.25) is 0 Å². The van der Waals surface area contributed by atoms with Crippen molar-refractivity contribution in [3.05, 3.63) is 24.3 Å². The largest absolute Gasteiger partial charge is 0.382 e. The predicted molar refractivity (Wildman–Crippen MR) is 75.6 cm³/mol. The van der Waals surface area contributed by atoms with Crippen LogP contribution in [0.5, 0.6) is 0 Å². The molecule has 2 aliphatic heterocycles. The van der Waals surface area contributed by atoms with Crippen LogP contribution in [0, 0.1) is 0 Å². The van der Waals surface area contributed by atoms with Gasteiger partial charge in [-0.25, -0.2) is 0 Å². The fourth-order valence-electron chi connectivity index (χ4n) is 2.72. The van der Waals surface area contributed by atoms with E-state index in [0.717, 1.165) is 37.4 Å². The van der Waals surface area contributed by atoms with E-state index in [2.05, 4.69) is 22.3 Å². The van der Waals surface area contributed by atoms with Crippen LogP contribution >= 0.6 is 12.4 Å². The van der Waals surface area contributed by atoms with Crippen LogP contribution in [0.1, 0.15) is 6.42 Å². The number of fused-ring (bicyclic) bond motifs is 1. The van der Waals surface area contributed by atoms with E-state index in [1.165, 1.54) is 0 Å². The number of hydrogen-bond donors (Lipinski definition) is 1. The Kier molecular flexibility index (Phi) is 3.66. The lowest BCUT2D eigenvalue weighted by atomic mass is 10.1. The van der Waals surface area contributed by atoms with E-state index < -0.39 is 0 Å². The first kappa shape index (κ1) is 13.0. The Morgan fingerprint density at radius 2 is 2.06 bits per heavy atom. The second-order valence-corrected chi connectivity index (χ2v) is 4.70. The van der Waals surface area contributed by atoms with Crippen molar-refractivity contribution in [2.45, 2.75) is 12.5 Å². The maximum absolute atomic E-state index is 12.1. The van der Waals surface area contributed by atoms with E-state index in [1.54, 1.807) is 0 Å². The molecule has 98 valence electrons. The zero-order chi connectivity index (χ0) is 11.8. The fourth-order valence-corrected chi connectivity index (χ4v) is 2.72. The van der Waals surface area contributed by atoms with Gasteiger partial charge in [-0.15, -0.1) is 12.4 Å². The number of carbonyl (C=O) groups excluding carboxylic acids is 1. The quantitative estimate of drug-likeness (QED) is 0.839. The van der Waals surface area contributed by atoms with Crippen molar-refractivity contribution in [2.75, 3.05) is 36.9 Å². The van der Waals surface area contributed by atoms with Crippen molar-refractivity contribution >= 4 is 29.7 Å². The number of hydrogen-bond acceptors (Lipinski definition) is 3. The Labute approximate surface area is 113 Å². The highest BCUT2D eigenvalue weighted by Crippen LogP contribution is 2.32. The van der Waals surface area contributed by atoms with Crippen molar-refractivity contribution in [1.82, 2.24) is 4.90 Å². The normalized spacial score (nSPS) is 22.3. The monoisotopic (exact) mass is 267 g/mol. The molecule has 4 nitrogen and oxygen atoms in total. The highest BCUT2D eigenvalue weighted by molar-refractivity contribution is 5.89. The van der Waals surface area contributed by atoms with Gasteiger partial charge < -0.3 is 15.1 Å². The summed E-state index contributed by atoms with van der Waals surface area (Å²) >= 11 is 0. The average molecular weight is 268 g/mol. The first-order valence-corrected chi connectivity index (χ1v) is 6.12. The lowest BCUT2D eigenvalue weighted by Gasteiger charge is -2.35. The number of likely N-dealkylation sites (tertiary alicyclic amines) is 1. The number of para-hydroxylation sites is 2. The molecule has 1 N–H and O–H groups in total. The number of anilines is 2. The van der Waals surface area contributed by atoms with Gasteiger partial charge in [-0.1, -0.05) is 12.1 Å². The molecule has 0 spiro atoms. The van der Waals surface area contributed by atoms with Gasteiger partial charge in [0.1, 0.15) is 6.04 Å². The molecule has 3 rings (SSSR count). The van der Waals surface area contributed by atoms with Gasteiger partial charge in [0.2, 0.25) is 5.91 Å². The van der Waals surface area contributed by atoms with Crippen molar-refractivity contribution < 1.29 is 4.79 Å². The van der Waals surface area contributed by atoms with Gasteiger partial charge in [0.05, 0.1) is 11.4 Å². The number of likely N-dealkylation sites (N-methyl/N-ethyl adjacent to an activating group) is 1. The molecule has 0 radical (unpaired) electrons. The molecule has 1 fully saturated rings. The molecule has 0 aliphatic carbocycles. The first-order valence-electron chi connectivity index (χ1n) is 6.12. The maximum atomic E-state index is 12.1. The van der Waals surface area contributed by atoms with Gasteiger partial charge in [-0.3, -0.25) is 4.79 Å². The number of nitrogens with one attached hydrogen (secondary N) is 1. The van der Waals surface area contributed by atoms with Gasteiger partial charge in [0.15, 0.2) is 0 Å². The van der Waals surface area contributed by atoms with Gasteiger partial charge >= 0.3 is 0 Å². The first-order chi connectivity index (χ1) is 8.27. The molecule has 0 saturated carbocycles. The summed E-state index contributed by atoms with van der Waals surface area (Å²) in [5.74, 6) is 0.252. The number of rotatable bonds is 1. The summed E-state index contributed by atoms with van der Waals surface area (Å²) in [7, 11) is 1.89. The molecule has 18 heavy (non-hydrogen) atoms. The van der Waals surface area contributed by atoms with E-state index in [1.807, 2.05) is 24.1 Å². The second-order valence-electron chi connectivity index (χ2n) is 4.70. The summed E-state index contributed by atoms with van der Waals surface area (Å²) in [6.45, 7) is 2.68. The minimum absolute atomic E-state index is 0. The molecule has 2 aliphatic rings. The molecule has 1 unspecified atom stereocenters. The highest BCUT2D eigenvalue weighted by Gasteiger charge is 2.35. The van der Waals surface area contributed by atoms with Gasteiger partial charge in [-0.2, -0.15) is 0 Å². The van der Waals surface area contributed by atoms with Crippen LogP contribution in [0.15, 0.2) is 24.3 Å². The molecule has 1 amide bonds. The Hall–Kier alpha value is -1.42. The van der Waals surface area contributed by atoms with E-state index >= 15 is 0 Å². The van der Waals surface area contributed by atoms with E-state index in [0.29, 0.717) is 0 Å². The molecular weight excluding hydrogens is 250 g/mol. The number of benzene rings is 1. The third-order valence-electron chi connectivity index (χ3n) is 3.66. The molecule has 1 aromatic rings. The van der Waals surface area contributed by atoms with Crippen molar-refractivity contribution in [3.8, 4) is 0 Å². The molecule has 0 bridgehead atoms. The molecule has 1 aromatic carbocycles. The second kappa shape index (κ2) is 5.06. The summed E-state index contributed by atoms with van der Waals surface area (Å²) < 4.78 is 0. The minimum atomic E-state index is 0. The van der Waals surface area contributed by atoms with Gasteiger partial charge in [0.25, 0.3) is 0 Å². The number of nitrogens with zero attached hydrogens (tertiary/aromatic N) is 2. The van der Waals surface area contributed by atoms with Crippen LogP contribution in [-0.4, -0.2) is 43.5 Å². The third-order valence-corrected chi connectivity index (χ3v) is 3.66. The van der Waals surface area contributed by atoms with E-state index in [4.69, 9.17) is 0 Å². The van der Waals surface area contributed by atoms with Gasteiger partial charge in [-0.05, 0) is 18.6 Å². The van der Waals surface area contributed by atoms with Crippen LogP contribution < -0.4 is 10.2 Å². The van der Waals surface area contributed by atoms with Crippen molar-refractivity contribution in [2.24, 2.45) is 0 Å².